The number of ether oxygens (including phenoxy) is 2. The lowest BCUT2D eigenvalue weighted by Crippen LogP contribution is -2.31. The van der Waals surface area contributed by atoms with Gasteiger partial charge in [0.1, 0.15) is 5.76 Å². The van der Waals surface area contributed by atoms with E-state index in [0.29, 0.717) is 35.1 Å². The van der Waals surface area contributed by atoms with Crippen molar-refractivity contribution in [2.24, 2.45) is 0 Å². The molecule has 0 spiro atoms. The largest absolute Gasteiger partial charge is 0.507 e. The molecular formula is C25H20ClNO5S. The number of hydrogen-bond acceptors (Lipinski definition) is 6. The van der Waals surface area contributed by atoms with E-state index in [1.54, 1.807) is 35.2 Å². The minimum absolute atomic E-state index is 0.0838. The number of benzene rings is 2. The van der Waals surface area contributed by atoms with Crippen LogP contribution in [-0.4, -0.2) is 35.0 Å². The predicted molar refractivity (Wildman–Crippen MR) is 126 cm³/mol. The van der Waals surface area contributed by atoms with E-state index in [1.807, 2.05) is 30.5 Å². The number of thiophene rings is 1. The zero-order chi connectivity index (χ0) is 23.1. The molecule has 168 valence electrons. The summed E-state index contributed by atoms with van der Waals surface area (Å²) in [6, 6.07) is 13.6. The number of aliphatic hydroxyl groups is 1. The zero-order valence-electron chi connectivity index (χ0n) is 17.7. The fourth-order valence-corrected chi connectivity index (χ4v) is 5.32. The SMILES string of the molecule is Cc1ccsc1C1/C(=C(/O)c2ccc3c(c2)OCO3)C(=O)C(=O)N1CCc1ccc(Cl)cc1. The predicted octanol–water partition coefficient (Wildman–Crippen LogP) is 5.10. The monoisotopic (exact) mass is 481 g/mol. The van der Waals surface area contributed by atoms with Gasteiger partial charge < -0.3 is 19.5 Å². The van der Waals surface area contributed by atoms with Crippen molar-refractivity contribution in [3.05, 3.63) is 86.1 Å². The van der Waals surface area contributed by atoms with Gasteiger partial charge >= 0.3 is 0 Å². The van der Waals surface area contributed by atoms with E-state index in [2.05, 4.69) is 0 Å². The minimum Gasteiger partial charge on any atom is -0.507 e. The van der Waals surface area contributed by atoms with Gasteiger partial charge in [-0.15, -0.1) is 11.3 Å². The molecule has 1 aromatic heterocycles. The third-order valence-corrected chi connectivity index (χ3v) is 7.21. The third-order valence-electron chi connectivity index (χ3n) is 5.89. The summed E-state index contributed by atoms with van der Waals surface area (Å²) in [4.78, 5) is 28.7. The lowest BCUT2D eigenvalue weighted by molar-refractivity contribution is -0.139. The first-order chi connectivity index (χ1) is 15.9. The quantitative estimate of drug-likeness (QED) is 0.311. The number of fused-ring (bicyclic) bond motifs is 1. The van der Waals surface area contributed by atoms with Crippen molar-refractivity contribution in [2.75, 3.05) is 13.3 Å². The van der Waals surface area contributed by atoms with Crippen LogP contribution >= 0.6 is 22.9 Å². The number of carbonyl (C=O) groups is 2. The number of aryl methyl sites for hydroxylation is 1. The second-order valence-electron chi connectivity index (χ2n) is 7.90. The molecule has 1 fully saturated rings. The fraction of sp³-hybridized carbons (Fsp3) is 0.200. The molecule has 0 radical (unpaired) electrons. The van der Waals surface area contributed by atoms with Crippen LogP contribution in [0.4, 0.5) is 0 Å². The first-order valence-electron chi connectivity index (χ1n) is 10.4. The topological polar surface area (TPSA) is 76.1 Å². The first kappa shape index (κ1) is 21.6. The average molecular weight is 482 g/mol. The number of nitrogens with zero attached hydrogens (tertiary/aromatic N) is 1. The maximum Gasteiger partial charge on any atom is 0.295 e. The minimum atomic E-state index is -0.695. The molecule has 3 aromatic rings. The Balaban J connectivity index is 1.55. The maximum absolute atomic E-state index is 13.2. The second kappa shape index (κ2) is 8.57. The Morgan fingerprint density at radius 2 is 1.88 bits per heavy atom. The molecule has 0 aliphatic carbocycles. The molecule has 2 aliphatic rings. The van der Waals surface area contributed by atoms with E-state index < -0.39 is 17.7 Å². The van der Waals surface area contributed by atoms with Crippen molar-refractivity contribution < 1.29 is 24.2 Å². The van der Waals surface area contributed by atoms with Crippen molar-refractivity contribution >= 4 is 40.4 Å². The van der Waals surface area contributed by atoms with Crippen LogP contribution in [0.3, 0.4) is 0 Å². The Hall–Kier alpha value is -3.29. The van der Waals surface area contributed by atoms with E-state index in [0.717, 1.165) is 16.0 Å². The van der Waals surface area contributed by atoms with Gasteiger partial charge in [0.2, 0.25) is 6.79 Å². The summed E-state index contributed by atoms with van der Waals surface area (Å²) in [6.45, 7) is 2.36. The normalized spacial score (nSPS) is 18.8. The van der Waals surface area contributed by atoms with Crippen LogP contribution in [-0.2, 0) is 16.0 Å². The van der Waals surface area contributed by atoms with Crippen LogP contribution in [0, 0.1) is 6.92 Å². The van der Waals surface area contributed by atoms with Gasteiger partial charge in [-0.2, -0.15) is 0 Å². The molecule has 2 aliphatic heterocycles. The Bertz CT molecular complexity index is 1280. The molecule has 0 bridgehead atoms. The molecule has 1 N–H and O–H groups in total. The molecule has 1 unspecified atom stereocenters. The molecule has 1 amide bonds. The number of carbonyl (C=O) groups excluding carboxylic acids is 2. The van der Waals surface area contributed by atoms with Gasteiger partial charge in [0.15, 0.2) is 11.5 Å². The zero-order valence-corrected chi connectivity index (χ0v) is 19.3. The Kier molecular flexibility index (Phi) is 5.60. The first-order valence-corrected chi connectivity index (χ1v) is 11.7. The summed E-state index contributed by atoms with van der Waals surface area (Å²) in [5.74, 6) is -0.484. The van der Waals surface area contributed by atoms with Gasteiger partial charge in [0.05, 0.1) is 11.6 Å². The highest BCUT2D eigenvalue weighted by Crippen LogP contribution is 2.43. The molecule has 1 atom stereocenters. The van der Waals surface area contributed by atoms with Crippen LogP contribution in [0.15, 0.2) is 59.5 Å². The van der Waals surface area contributed by atoms with Crippen LogP contribution in [0.5, 0.6) is 11.5 Å². The summed E-state index contributed by atoms with van der Waals surface area (Å²) in [6.07, 6.45) is 0.551. The number of aliphatic hydroxyl groups excluding tert-OH is 1. The van der Waals surface area contributed by atoms with E-state index in [-0.39, 0.29) is 18.1 Å². The number of rotatable bonds is 5. The number of hydrogen-bond donors (Lipinski definition) is 1. The van der Waals surface area contributed by atoms with Crippen molar-refractivity contribution in [3.8, 4) is 11.5 Å². The second-order valence-corrected chi connectivity index (χ2v) is 9.29. The number of Topliss-reactive ketones (excluding diaryl/α,β-unsaturated/α-hetero) is 1. The highest BCUT2D eigenvalue weighted by Gasteiger charge is 2.46. The summed E-state index contributed by atoms with van der Waals surface area (Å²) < 4.78 is 10.7. The fourth-order valence-electron chi connectivity index (χ4n) is 4.15. The van der Waals surface area contributed by atoms with E-state index in [1.165, 1.54) is 11.3 Å². The van der Waals surface area contributed by atoms with Crippen molar-refractivity contribution in [3.63, 3.8) is 0 Å². The Morgan fingerprint density at radius 3 is 2.61 bits per heavy atom. The van der Waals surface area contributed by atoms with E-state index >= 15 is 0 Å². The lowest BCUT2D eigenvalue weighted by Gasteiger charge is -2.25. The molecule has 5 rings (SSSR count). The smallest absolute Gasteiger partial charge is 0.295 e. The standard InChI is InChI=1S/C25H20ClNO5S/c1-14-9-11-33-24(14)21-20(22(28)16-4-7-18-19(12-16)32-13-31-18)23(29)25(30)27(21)10-8-15-2-5-17(26)6-3-15/h2-7,9,11-12,21,28H,8,10,13H2,1H3/b22-20-. The number of amides is 1. The Labute approximate surface area is 199 Å². The molecule has 1 saturated heterocycles. The Morgan fingerprint density at radius 1 is 1.12 bits per heavy atom. The van der Waals surface area contributed by atoms with Crippen molar-refractivity contribution in [1.29, 1.82) is 0 Å². The number of halogens is 1. The highest BCUT2D eigenvalue weighted by atomic mass is 35.5. The number of ketones is 1. The molecule has 2 aromatic carbocycles. The van der Waals surface area contributed by atoms with E-state index in [9.17, 15) is 14.7 Å². The van der Waals surface area contributed by atoms with Gasteiger partial charge in [-0.25, -0.2) is 0 Å². The van der Waals surface area contributed by atoms with Gasteiger partial charge in [-0.1, -0.05) is 23.7 Å². The van der Waals surface area contributed by atoms with Crippen molar-refractivity contribution in [1.82, 2.24) is 4.90 Å². The van der Waals surface area contributed by atoms with Crippen LogP contribution < -0.4 is 9.47 Å². The van der Waals surface area contributed by atoms with Gasteiger partial charge in [-0.3, -0.25) is 9.59 Å². The van der Waals surface area contributed by atoms with Crippen LogP contribution in [0.1, 0.15) is 27.6 Å². The maximum atomic E-state index is 13.2. The average Bonchev–Trinajstić information content (AvgIpc) is 3.51. The summed E-state index contributed by atoms with van der Waals surface area (Å²) in [5.41, 5.74) is 2.44. The molecule has 0 saturated carbocycles. The molecule has 3 heterocycles. The number of likely N-dealkylation sites (tertiary alicyclic amines) is 1. The van der Waals surface area contributed by atoms with Crippen LogP contribution in [0.2, 0.25) is 5.02 Å². The summed E-state index contributed by atoms with van der Waals surface area (Å²) >= 11 is 7.44. The van der Waals surface area contributed by atoms with Gasteiger partial charge in [-0.05, 0) is 66.2 Å². The van der Waals surface area contributed by atoms with Gasteiger partial charge in [0.25, 0.3) is 11.7 Å². The van der Waals surface area contributed by atoms with Crippen LogP contribution in [0.25, 0.3) is 5.76 Å². The summed E-state index contributed by atoms with van der Waals surface area (Å²) in [7, 11) is 0. The van der Waals surface area contributed by atoms with Crippen molar-refractivity contribution in [2.45, 2.75) is 19.4 Å². The molecule has 8 heteroatoms. The lowest BCUT2D eigenvalue weighted by atomic mass is 9.98. The van der Waals surface area contributed by atoms with E-state index in [4.69, 9.17) is 21.1 Å². The summed E-state index contributed by atoms with van der Waals surface area (Å²) in [5, 5.41) is 13.8. The third kappa shape index (κ3) is 3.87. The molecular weight excluding hydrogens is 462 g/mol. The molecule has 6 nitrogen and oxygen atoms in total. The highest BCUT2D eigenvalue weighted by molar-refractivity contribution is 7.10. The van der Waals surface area contributed by atoms with Gasteiger partial charge in [0, 0.05) is 22.0 Å². The molecule has 33 heavy (non-hydrogen) atoms.